The van der Waals surface area contributed by atoms with E-state index in [9.17, 15) is 23.6 Å². The Hall–Kier alpha value is -1.71. The van der Waals surface area contributed by atoms with Crippen molar-refractivity contribution in [1.82, 2.24) is 4.31 Å². The molecule has 0 aromatic heterocycles. The van der Waals surface area contributed by atoms with Gasteiger partial charge in [0.1, 0.15) is 0 Å². The highest BCUT2D eigenvalue weighted by molar-refractivity contribution is 7.89. The van der Waals surface area contributed by atoms with Crippen LogP contribution in [0.4, 0.5) is 11.4 Å². The minimum absolute atomic E-state index is 0.0959. The molecular weight excluding hydrogens is 286 g/mol. The molecule has 0 amide bonds. The van der Waals surface area contributed by atoms with E-state index in [4.69, 9.17) is 5.73 Å². The van der Waals surface area contributed by atoms with Crippen molar-refractivity contribution in [3.63, 3.8) is 0 Å². The first kappa shape index (κ1) is 14.7. The number of rotatable bonds is 3. The Bertz CT molecular complexity index is 656. The van der Waals surface area contributed by atoms with E-state index in [1.807, 2.05) is 0 Å². The van der Waals surface area contributed by atoms with Crippen LogP contribution in [0.5, 0.6) is 0 Å². The molecule has 9 heteroatoms. The molecule has 1 fully saturated rings. The van der Waals surface area contributed by atoms with Gasteiger partial charge in [-0.3, -0.25) is 10.1 Å². The first-order valence-corrected chi connectivity index (χ1v) is 7.34. The summed E-state index contributed by atoms with van der Waals surface area (Å²) in [7, 11) is -4.06. The summed E-state index contributed by atoms with van der Waals surface area (Å²) in [5.74, 6) is 0. The third-order valence-electron chi connectivity index (χ3n) is 3.22. The highest BCUT2D eigenvalue weighted by Crippen LogP contribution is 2.32. The highest BCUT2D eigenvalue weighted by Gasteiger charge is 2.40. The quantitative estimate of drug-likeness (QED) is 0.470. The maximum Gasteiger partial charge on any atom is 0.289 e. The predicted octanol–water partition coefficient (Wildman–Crippen LogP) is 0.322. The lowest BCUT2D eigenvalue weighted by Crippen LogP contribution is -2.34. The van der Waals surface area contributed by atoms with Gasteiger partial charge >= 0.3 is 0 Å². The average Bonchev–Trinajstić information content (AvgIpc) is 2.70. The number of benzene rings is 1. The number of sulfonamides is 1. The van der Waals surface area contributed by atoms with Gasteiger partial charge in [0.05, 0.1) is 10.5 Å². The maximum atomic E-state index is 12.5. The summed E-state index contributed by atoms with van der Waals surface area (Å²) in [6.07, 6.45) is 0.280. The molecule has 1 heterocycles. The van der Waals surface area contributed by atoms with Crippen LogP contribution in [0.3, 0.4) is 0 Å². The summed E-state index contributed by atoms with van der Waals surface area (Å²) < 4.78 is 25.9. The first-order chi connectivity index (χ1) is 9.13. The molecule has 8 nitrogen and oxygen atoms in total. The van der Waals surface area contributed by atoms with Crippen molar-refractivity contribution in [2.75, 3.05) is 18.8 Å². The Kier molecular flexibility index (Phi) is 3.44. The third kappa shape index (κ3) is 2.60. The number of aliphatic hydroxyl groups is 1. The van der Waals surface area contributed by atoms with Crippen molar-refractivity contribution in [3.8, 4) is 0 Å². The zero-order valence-electron chi connectivity index (χ0n) is 10.8. The summed E-state index contributed by atoms with van der Waals surface area (Å²) in [6.45, 7) is 1.54. The van der Waals surface area contributed by atoms with E-state index < -0.39 is 31.1 Å². The molecule has 1 aromatic carbocycles. The third-order valence-corrected chi connectivity index (χ3v) is 5.09. The number of hydrogen-bond donors (Lipinski definition) is 2. The van der Waals surface area contributed by atoms with Gasteiger partial charge in [-0.2, -0.15) is 4.31 Å². The number of nitrogen functional groups attached to an aromatic ring is 1. The van der Waals surface area contributed by atoms with Gasteiger partial charge in [-0.1, -0.05) is 0 Å². The first-order valence-electron chi connectivity index (χ1n) is 5.90. The fourth-order valence-electron chi connectivity index (χ4n) is 2.14. The smallest absolute Gasteiger partial charge is 0.289 e. The van der Waals surface area contributed by atoms with Gasteiger partial charge in [0.25, 0.3) is 5.69 Å². The monoisotopic (exact) mass is 301 g/mol. The van der Waals surface area contributed by atoms with E-state index in [-0.39, 0.29) is 25.2 Å². The van der Waals surface area contributed by atoms with Crippen LogP contribution < -0.4 is 5.73 Å². The number of nitrogens with zero attached hydrogens (tertiary/aromatic N) is 2. The van der Waals surface area contributed by atoms with Gasteiger partial charge in [-0.25, -0.2) is 8.42 Å². The zero-order chi connectivity index (χ0) is 15.1. The van der Waals surface area contributed by atoms with Crippen LogP contribution >= 0.6 is 0 Å². The summed E-state index contributed by atoms with van der Waals surface area (Å²) >= 11 is 0. The van der Waals surface area contributed by atoms with Crippen LogP contribution in [0.25, 0.3) is 0 Å². The van der Waals surface area contributed by atoms with Gasteiger partial charge in [-0.15, -0.1) is 0 Å². The van der Waals surface area contributed by atoms with Crippen LogP contribution in [0.2, 0.25) is 0 Å². The molecule has 1 aliphatic rings. The molecule has 2 rings (SSSR count). The molecule has 1 aromatic rings. The molecule has 1 aliphatic heterocycles. The summed E-state index contributed by atoms with van der Waals surface area (Å²) in [5, 5.41) is 20.8. The van der Waals surface area contributed by atoms with Gasteiger partial charge < -0.3 is 10.8 Å². The molecule has 20 heavy (non-hydrogen) atoms. The number of nitro groups is 1. The van der Waals surface area contributed by atoms with E-state index >= 15 is 0 Å². The van der Waals surface area contributed by atoms with E-state index in [2.05, 4.69) is 0 Å². The van der Waals surface area contributed by atoms with Crippen LogP contribution in [0.1, 0.15) is 13.3 Å². The van der Waals surface area contributed by atoms with Crippen LogP contribution in [0, 0.1) is 10.1 Å². The van der Waals surface area contributed by atoms with E-state index in [0.717, 1.165) is 16.4 Å². The van der Waals surface area contributed by atoms with Crippen molar-refractivity contribution < 1.29 is 18.4 Å². The summed E-state index contributed by atoms with van der Waals surface area (Å²) in [6, 6.07) is 3.41. The summed E-state index contributed by atoms with van der Waals surface area (Å²) in [5.41, 5.74) is 4.00. The molecule has 110 valence electrons. The largest absolute Gasteiger partial charge is 0.399 e. The predicted molar refractivity (Wildman–Crippen MR) is 71.5 cm³/mol. The molecule has 0 spiro atoms. The molecule has 1 saturated heterocycles. The zero-order valence-corrected chi connectivity index (χ0v) is 11.6. The van der Waals surface area contributed by atoms with Gasteiger partial charge in [0.15, 0.2) is 4.90 Å². The molecule has 1 unspecified atom stereocenters. The Morgan fingerprint density at radius 2 is 2.15 bits per heavy atom. The standard InChI is InChI=1S/C11H15N3O5S/c1-11(15)4-5-13(7-11)20(18,19)10-6-8(12)2-3-9(10)14(16)17/h2-3,6,15H,4-5,7,12H2,1H3. The lowest BCUT2D eigenvalue weighted by atomic mass is 10.1. The van der Waals surface area contributed by atoms with Crippen molar-refractivity contribution in [2.45, 2.75) is 23.8 Å². The Labute approximate surface area is 116 Å². The minimum atomic E-state index is -4.06. The number of anilines is 1. The van der Waals surface area contributed by atoms with Gasteiger partial charge in [0, 0.05) is 24.8 Å². The number of β-amino-alcohol motifs (C(OH)–C–C–N with tert-alkyl or cyclic N) is 1. The Morgan fingerprint density at radius 1 is 1.50 bits per heavy atom. The second-order valence-electron chi connectivity index (χ2n) is 5.07. The lowest BCUT2D eigenvalue weighted by molar-refractivity contribution is -0.387. The number of nitrogens with two attached hydrogens (primary N) is 1. The molecular formula is C11H15N3O5S. The minimum Gasteiger partial charge on any atom is -0.399 e. The SMILES string of the molecule is CC1(O)CCN(S(=O)(=O)c2cc(N)ccc2[N+](=O)[O-])C1. The Morgan fingerprint density at radius 3 is 2.65 bits per heavy atom. The Balaban J connectivity index is 2.50. The molecule has 0 radical (unpaired) electrons. The van der Waals surface area contributed by atoms with Crippen LogP contribution in [-0.2, 0) is 10.0 Å². The van der Waals surface area contributed by atoms with Crippen molar-refractivity contribution >= 4 is 21.4 Å². The van der Waals surface area contributed by atoms with E-state index in [0.29, 0.717) is 0 Å². The van der Waals surface area contributed by atoms with Gasteiger partial charge in [-0.05, 0) is 25.5 Å². The molecule has 0 aliphatic carbocycles. The molecule has 1 atom stereocenters. The van der Waals surface area contributed by atoms with E-state index in [1.54, 1.807) is 0 Å². The second kappa shape index (κ2) is 4.69. The van der Waals surface area contributed by atoms with Crippen molar-refractivity contribution in [1.29, 1.82) is 0 Å². The molecule has 0 saturated carbocycles. The number of hydrogen-bond acceptors (Lipinski definition) is 6. The lowest BCUT2D eigenvalue weighted by Gasteiger charge is -2.19. The highest BCUT2D eigenvalue weighted by atomic mass is 32.2. The topological polar surface area (TPSA) is 127 Å². The van der Waals surface area contributed by atoms with Crippen molar-refractivity contribution in [3.05, 3.63) is 28.3 Å². The normalized spacial score (nSPS) is 23.9. The van der Waals surface area contributed by atoms with E-state index in [1.165, 1.54) is 13.0 Å². The molecule has 0 bridgehead atoms. The van der Waals surface area contributed by atoms with Crippen LogP contribution in [0.15, 0.2) is 23.1 Å². The maximum absolute atomic E-state index is 12.5. The van der Waals surface area contributed by atoms with Gasteiger partial charge in [0.2, 0.25) is 10.0 Å². The summed E-state index contributed by atoms with van der Waals surface area (Å²) in [4.78, 5) is 9.75. The van der Waals surface area contributed by atoms with Crippen molar-refractivity contribution in [2.24, 2.45) is 0 Å². The van der Waals surface area contributed by atoms with Crippen LogP contribution in [-0.4, -0.2) is 41.4 Å². The second-order valence-corrected chi connectivity index (χ2v) is 6.98. The average molecular weight is 301 g/mol. The number of nitro benzene ring substituents is 1. The molecule has 3 N–H and O–H groups in total. The fourth-order valence-corrected chi connectivity index (χ4v) is 3.89. The fraction of sp³-hybridized carbons (Fsp3) is 0.455.